The molecule has 0 aromatic heterocycles. The Morgan fingerprint density at radius 2 is 2.10 bits per heavy atom. The first-order chi connectivity index (χ1) is 9.47. The third-order valence-corrected chi connectivity index (χ3v) is 3.89. The number of carbonyl (C=O) groups is 2. The van der Waals surface area contributed by atoms with Crippen LogP contribution in [0.5, 0.6) is 0 Å². The fourth-order valence-electron chi connectivity index (χ4n) is 2.96. The summed E-state index contributed by atoms with van der Waals surface area (Å²) in [6, 6.07) is -0.617. The highest BCUT2D eigenvalue weighted by molar-refractivity contribution is 5.82. The zero-order valence-corrected chi connectivity index (χ0v) is 12.8. The third-order valence-electron chi connectivity index (χ3n) is 3.89. The van der Waals surface area contributed by atoms with Gasteiger partial charge in [-0.1, -0.05) is 19.9 Å². The van der Waals surface area contributed by atoms with E-state index >= 15 is 0 Å². The maximum Gasteiger partial charge on any atom is 0.410 e. The average molecular weight is 283 g/mol. The summed E-state index contributed by atoms with van der Waals surface area (Å²) in [6.45, 7) is 10.0. The molecule has 0 aromatic rings. The van der Waals surface area contributed by atoms with Crippen LogP contribution in [0.15, 0.2) is 12.7 Å². The second-order valence-electron chi connectivity index (χ2n) is 5.38. The summed E-state index contributed by atoms with van der Waals surface area (Å²) in [7, 11) is 1.33. The van der Waals surface area contributed by atoms with Crippen molar-refractivity contribution in [2.75, 3.05) is 13.7 Å². The van der Waals surface area contributed by atoms with Gasteiger partial charge in [-0.2, -0.15) is 0 Å². The lowest BCUT2D eigenvalue weighted by Gasteiger charge is -2.30. The van der Waals surface area contributed by atoms with Crippen molar-refractivity contribution in [1.29, 1.82) is 0 Å². The summed E-state index contributed by atoms with van der Waals surface area (Å²) >= 11 is 0. The number of esters is 1. The standard InChI is InChI=1S/C15H25NO4/c1-6-8-12-11(10(3)4)9-13(14(17)20-7-2)16(12)15(18)19-5/h6,10-13H,1,7-9H2,2-5H3/t11?,12?,13-/m1/s1. The van der Waals surface area contributed by atoms with E-state index < -0.39 is 12.1 Å². The van der Waals surface area contributed by atoms with Gasteiger partial charge in [-0.15, -0.1) is 6.58 Å². The molecule has 1 saturated heterocycles. The van der Waals surface area contributed by atoms with E-state index in [1.54, 1.807) is 13.0 Å². The number of likely N-dealkylation sites (tertiary alicyclic amines) is 1. The molecule has 2 unspecified atom stereocenters. The van der Waals surface area contributed by atoms with Gasteiger partial charge in [0.2, 0.25) is 0 Å². The number of rotatable bonds is 5. The van der Waals surface area contributed by atoms with Gasteiger partial charge < -0.3 is 9.47 Å². The maximum absolute atomic E-state index is 12.1. The highest BCUT2D eigenvalue weighted by Crippen LogP contribution is 2.37. The predicted octanol–water partition coefficient (Wildman–Crippen LogP) is 2.61. The Balaban J connectivity index is 3.06. The first kappa shape index (κ1) is 16.5. The average Bonchev–Trinajstić information content (AvgIpc) is 2.78. The molecule has 0 N–H and O–H groups in total. The second-order valence-corrected chi connectivity index (χ2v) is 5.38. The van der Waals surface area contributed by atoms with E-state index in [0.717, 1.165) is 0 Å². The van der Waals surface area contributed by atoms with Crippen molar-refractivity contribution in [2.45, 2.75) is 45.7 Å². The molecule has 1 amide bonds. The van der Waals surface area contributed by atoms with Crippen LogP contribution in [-0.4, -0.2) is 42.8 Å². The lowest BCUT2D eigenvalue weighted by atomic mass is 9.86. The van der Waals surface area contributed by atoms with Gasteiger partial charge in [0.25, 0.3) is 0 Å². The fraction of sp³-hybridized carbons (Fsp3) is 0.733. The Hall–Kier alpha value is -1.52. The molecule has 1 aliphatic heterocycles. The van der Waals surface area contributed by atoms with Crippen LogP contribution in [-0.2, 0) is 14.3 Å². The van der Waals surface area contributed by atoms with Crippen molar-refractivity contribution >= 4 is 12.1 Å². The molecule has 1 fully saturated rings. The van der Waals surface area contributed by atoms with Gasteiger partial charge in [0.05, 0.1) is 13.7 Å². The number of hydrogen-bond donors (Lipinski definition) is 0. The van der Waals surface area contributed by atoms with Crippen molar-refractivity contribution < 1.29 is 19.1 Å². The zero-order chi connectivity index (χ0) is 15.3. The van der Waals surface area contributed by atoms with Crippen LogP contribution in [0, 0.1) is 11.8 Å². The van der Waals surface area contributed by atoms with Crippen molar-refractivity contribution in [3.8, 4) is 0 Å². The van der Waals surface area contributed by atoms with Crippen LogP contribution >= 0.6 is 0 Å². The van der Waals surface area contributed by atoms with Crippen LogP contribution in [0.2, 0.25) is 0 Å². The van der Waals surface area contributed by atoms with E-state index in [0.29, 0.717) is 25.4 Å². The summed E-state index contributed by atoms with van der Waals surface area (Å²) in [5.41, 5.74) is 0. The Kier molecular flexibility index (Phi) is 6.05. The van der Waals surface area contributed by atoms with Crippen LogP contribution in [0.1, 0.15) is 33.6 Å². The lowest BCUT2D eigenvalue weighted by molar-refractivity contribution is -0.148. The number of amides is 1. The molecular weight excluding hydrogens is 258 g/mol. The summed E-state index contributed by atoms with van der Waals surface area (Å²) in [5, 5.41) is 0. The summed E-state index contributed by atoms with van der Waals surface area (Å²) < 4.78 is 9.93. The lowest BCUT2D eigenvalue weighted by Crippen LogP contribution is -2.46. The molecule has 1 heterocycles. The molecule has 20 heavy (non-hydrogen) atoms. The second kappa shape index (κ2) is 7.31. The van der Waals surface area contributed by atoms with E-state index in [1.165, 1.54) is 12.0 Å². The Bertz CT molecular complexity index is 367. The molecule has 3 atom stereocenters. The number of nitrogens with zero attached hydrogens (tertiary/aromatic N) is 1. The van der Waals surface area contributed by atoms with Crippen molar-refractivity contribution in [3.05, 3.63) is 12.7 Å². The summed E-state index contributed by atoms with van der Waals surface area (Å²) in [6.07, 6.45) is 2.57. The molecule has 0 aromatic carbocycles. The smallest absolute Gasteiger partial charge is 0.410 e. The maximum atomic E-state index is 12.1. The van der Waals surface area contributed by atoms with Gasteiger partial charge in [0.1, 0.15) is 6.04 Å². The monoisotopic (exact) mass is 283 g/mol. The van der Waals surface area contributed by atoms with Crippen LogP contribution in [0.25, 0.3) is 0 Å². The molecule has 114 valence electrons. The molecule has 1 aliphatic rings. The molecule has 0 saturated carbocycles. The van der Waals surface area contributed by atoms with Gasteiger partial charge in [-0.05, 0) is 31.6 Å². The minimum absolute atomic E-state index is 0.0608. The Morgan fingerprint density at radius 1 is 1.45 bits per heavy atom. The largest absolute Gasteiger partial charge is 0.464 e. The number of methoxy groups -OCH3 is 1. The molecule has 0 aliphatic carbocycles. The van der Waals surface area contributed by atoms with Gasteiger partial charge >= 0.3 is 12.1 Å². The van der Waals surface area contributed by atoms with Crippen LogP contribution in [0.3, 0.4) is 0 Å². The highest BCUT2D eigenvalue weighted by Gasteiger charge is 2.48. The number of carbonyl (C=O) groups excluding carboxylic acids is 2. The third kappa shape index (κ3) is 3.32. The zero-order valence-electron chi connectivity index (χ0n) is 12.8. The van der Waals surface area contributed by atoms with Crippen LogP contribution < -0.4 is 0 Å². The van der Waals surface area contributed by atoms with Gasteiger partial charge in [-0.25, -0.2) is 9.59 Å². The van der Waals surface area contributed by atoms with Crippen LogP contribution in [0.4, 0.5) is 4.79 Å². The van der Waals surface area contributed by atoms with Gasteiger partial charge in [0.15, 0.2) is 0 Å². The Morgan fingerprint density at radius 3 is 2.55 bits per heavy atom. The molecule has 5 heteroatoms. The molecule has 5 nitrogen and oxygen atoms in total. The highest BCUT2D eigenvalue weighted by atomic mass is 16.6. The van der Waals surface area contributed by atoms with Crippen molar-refractivity contribution in [1.82, 2.24) is 4.90 Å². The number of hydrogen-bond acceptors (Lipinski definition) is 4. The van der Waals surface area contributed by atoms with Crippen molar-refractivity contribution in [2.24, 2.45) is 11.8 Å². The number of ether oxygens (including phenoxy) is 2. The van der Waals surface area contributed by atoms with E-state index in [4.69, 9.17) is 9.47 Å². The van der Waals surface area contributed by atoms with Crippen molar-refractivity contribution in [3.63, 3.8) is 0 Å². The van der Waals surface area contributed by atoms with Gasteiger partial charge in [0, 0.05) is 6.04 Å². The summed E-state index contributed by atoms with van der Waals surface area (Å²) in [4.78, 5) is 25.7. The van der Waals surface area contributed by atoms with E-state index in [-0.39, 0.29) is 17.9 Å². The SMILES string of the molecule is C=CCC1C(C(C)C)C[C@H](C(=O)OCC)N1C(=O)OC. The molecule has 0 spiro atoms. The van der Waals surface area contributed by atoms with Gasteiger partial charge in [-0.3, -0.25) is 4.90 Å². The van der Waals surface area contributed by atoms with E-state index in [9.17, 15) is 9.59 Å². The minimum Gasteiger partial charge on any atom is -0.464 e. The summed E-state index contributed by atoms with van der Waals surface area (Å²) in [5.74, 6) is 0.253. The molecular formula is C15H25NO4. The first-order valence-electron chi connectivity index (χ1n) is 7.11. The predicted molar refractivity (Wildman–Crippen MR) is 76.2 cm³/mol. The quantitative estimate of drug-likeness (QED) is 0.575. The normalized spacial score (nSPS) is 25.6. The van der Waals surface area contributed by atoms with E-state index in [2.05, 4.69) is 20.4 Å². The fourth-order valence-corrected chi connectivity index (χ4v) is 2.96. The first-order valence-corrected chi connectivity index (χ1v) is 7.11. The minimum atomic E-state index is -0.556. The molecule has 1 rings (SSSR count). The topological polar surface area (TPSA) is 55.8 Å². The molecule has 0 bridgehead atoms. The Labute approximate surface area is 120 Å². The molecule has 0 radical (unpaired) electrons. The van der Waals surface area contributed by atoms with E-state index in [1.807, 2.05) is 0 Å².